The summed E-state index contributed by atoms with van der Waals surface area (Å²) in [5.41, 5.74) is 1.99. The molecular weight excluding hydrogens is 372 g/mol. The number of nitrogens with one attached hydrogen (secondary N) is 2. The summed E-state index contributed by atoms with van der Waals surface area (Å²) in [6.45, 7) is 0.540. The van der Waals surface area contributed by atoms with Crippen LogP contribution in [0.15, 0.2) is 79.1 Å². The summed E-state index contributed by atoms with van der Waals surface area (Å²) in [5, 5.41) is 6.15. The molecule has 0 spiro atoms. The number of halogens is 2. The van der Waals surface area contributed by atoms with E-state index in [0.29, 0.717) is 24.0 Å². The molecule has 4 rings (SSSR count). The van der Waals surface area contributed by atoms with Crippen molar-refractivity contribution in [1.29, 1.82) is 0 Å². The van der Waals surface area contributed by atoms with Crippen LogP contribution in [0.5, 0.6) is 0 Å². The molecule has 0 fully saturated rings. The Labute approximate surface area is 166 Å². The van der Waals surface area contributed by atoms with Crippen molar-refractivity contribution in [3.05, 3.63) is 96.3 Å². The molecule has 2 aromatic heterocycles. The average Bonchev–Trinajstić information content (AvgIpc) is 2.75. The van der Waals surface area contributed by atoms with E-state index >= 15 is 0 Å². The van der Waals surface area contributed by atoms with Gasteiger partial charge >= 0.3 is 0 Å². The van der Waals surface area contributed by atoms with Crippen LogP contribution in [-0.2, 0) is 6.54 Å². The van der Waals surface area contributed by atoms with Crippen LogP contribution >= 0.6 is 0 Å². The maximum Gasteiger partial charge on any atom is 0.163 e. The molecular formula is C22H17F2N5. The lowest BCUT2D eigenvalue weighted by molar-refractivity contribution is 0.586. The van der Waals surface area contributed by atoms with E-state index in [2.05, 4.69) is 25.6 Å². The highest BCUT2D eigenvalue weighted by atomic mass is 19.1. The molecule has 29 heavy (non-hydrogen) atoms. The molecule has 0 aliphatic rings. The van der Waals surface area contributed by atoms with Gasteiger partial charge in [0.05, 0.1) is 5.69 Å². The minimum atomic E-state index is -0.698. The van der Waals surface area contributed by atoms with Crippen molar-refractivity contribution in [3.63, 3.8) is 0 Å². The van der Waals surface area contributed by atoms with E-state index < -0.39 is 11.6 Å². The Morgan fingerprint density at radius 3 is 2.31 bits per heavy atom. The summed E-state index contributed by atoms with van der Waals surface area (Å²) in [7, 11) is 0. The van der Waals surface area contributed by atoms with Crippen molar-refractivity contribution in [2.75, 3.05) is 10.6 Å². The van der Waals surface area contributed by atoms with Gasteiger partial charge in [0.25, 0.3) is 0 Å². The zero-order chi connectivity index (χ0) is 20.1. The van der Waals surface area contributed by atoms with Gasteiger partial charge in [0.15, 0.2) is 5.82 Å². The molecule has 0 radical (unpaired) electrons. The lowest BCUT2D eigenvalue weighted by Crippen LogP contribution is -2.05. The summed E-state index contributed by atoms with van der Waals surface area (Å²) in [6, 6.07) is 18.3. The van der Waals surface area contributed by atoms with Gasteiger partial charge in [-0.05, 0) is 29.8 Å². The Balaban J connectivity index is 1.66. The SMILES string of the molecule is Fc1ccc(Nc2cc(NCc3ccncc3)nc(-c3ccccc3)n2)c(F)c1. The Morgan fingerprint density at radius 1 is 0.793 bits per heavy atom. The van der Waals surface area contributed by atoms with Gasteiger partial charge < -0.3 is 10.6 Å². The summed E-state index contributed by atoms with van der Waals surface area (Å²) in [4.78, 5) is 13.1. The summed E-state index contributed by atoms with van der Waals surface area (Å²) in [6.07, 6.45) is 3.44. The summed E-state index contributed by atoms with van der Waals surface area (Å²) in [5.74, 6) is 0.106. The third-order valence-corrected chi connectivity index (χ3v) is 4.17. The van der Waals surface area contributed by atoms with Crippen molar-refractivity contribution in [2.24, 2.45) is 0 Å². The maximum absolute atomic E-state index is 14.1. The first-order valence-corrected chi connectivity index (χ1v) is 8.97. The average molecular weight is 389 g/mol. The van der Waals surface area contributed by atoms with Crippen LogP contribution in [0.2, 0.25) is 0 Å². The Kier molecular flexibility index (Phi) is 5.38. The molecule has 0 amide bonds. The first kappa shape index (κ1) is 18.5. The Hall–Kier alpha value is -3.87. The quantitative estimate of drug-likeness (QED) is 0.476. The van der Waals surface area contributed by atoms with Gasteiger partial charge in [-0.1, -0.05) is 30.3 Å². The van der Waals surface area contributed by atoms with Crippen LogP contribution in [-0.4, -0.2) is 15.0 Å². The number of hydrogen-bond acceptors (Lipinski definition) is 5. The molecule has 0 unspecified atom stereocenters. The molecule has 4 aromatic rings. The van der Waals surface area contributed by atoms with Crippen LogP contribution in [0.1, 0.15) is 5.56 Å². The van der Waals surface area contributed by atoms with E-state index in [0.717, 1.165) is 17.2 Å². The normalized spacial score (nSPS) is 10.6. The number of rotatable bonds is 6. The van der Waals surface area contributed by atoms with Gasteiger partial charge in [-0.2, -0.15) is 0 Å². The Morgan fingerprint density at radius 2 is 1.55 bits per heavy atom. The minimum absolute atomic E-state index is 0.129. The van der Waals surface area contributed by atoms with Crippen molar-refractivity contribution < 1.29 is 8.78 Å². The largest absolute Gasteiger partial charge is 0.366 e. The number of anilines is 3. The number of hydrogen-bond donors (Lipinski definition) is 2. The van der Waals surface area contributed by atoms with Crippen LogP contribution in [0, 0.1) is 11.6 Å². The molecule has 0 aliphatic heterocycles. The van der Waals surface area contributed by atoms with Gasteiger partial charge in [0, 0.05) is 36.6 Å². The van der Waals surface area contributed by atoms with Crippen molar-refractivity contribution in [2.45, 2.75) is 6.54 Å². The molecule has 7 heteroatoms. The zero-order valence-electron chi connectivity index (χ0n) is 15.3. The number of pyridine rings is 1. The van der Waals surface area contributed by atoms with Gasteiger partial charge in [-0.3, -0.25) is 4.98 Å². The summed E-state index contributed by atoms with van der Waals surface area (Å²) >= 11 is 0. The van der Waals surface area contributed by atoms with Crippen molar-refractivity contribution >= 4 is 17.3 Å². The third kappa shape index (κ3) is 4.70. The second-order valence-electron chi connectivity index (χ2n) is 6.29. The van der Waals surface area contributed by atoms with E-state index in [-0.39, 0.29) is 5.69 Å². The molecule has 0 saturated heterocycles. The Bertz CT molecular complexity index is 1100. The lowest BCUT2D eigenvalue weighted by Gasteiger charge is -2.12. The highest BCUT2D eigenvalue weighted by molar-refractivity contribution is 5.65. The maximum atomic E-state index is 14.1. The number of benzene rings is 2. The fraction of sp³-hybridized carbons (Fsp3) is 0.0455. The first-order chi connectivity index (χ1) is 14.2. The van der Waals surface area contributed by atoms with Crippen LogP contribution in [0.25, 0.3) is 11.4 Å². The molecule has 144 valence electrons. The van der Waals surface area contributed by atoms with Crippen LogP contribution in [0.4, 0.5) is 26.1 Å². The van der Waals surface area contributed by atoms with Gasteiger partial charge in [-0.15, -0.1) is 0 Å². The highest BCUT2D eigenvalue weighted by Gasteiger charge is 2.10. The lowest BCUT2D eigenvalue weighted by atomic mass is 10.2. The minimum Gasteiger partial charge on any atom is -0.366 e. The molecule has 0 bridgehead atoms. The molecule has 2 N–H and O–H groups in total. The fourth-order valence-corrected chi connectivity index (χ4v) is 2.74. The zero-order valence-corrected chi connectivity index (χ0v) is 15.3. The highest BCUT2D eigenvalue weighted by Crippen LogP contribution is 2.24. The number of aromatic nitrogens is 3. The fourth-order valence-electron chi connectivity index (χ4n) is 2.74. The second-order valence-corrected chi connectivity index (χ2v) is 6.29. The van der Waals surface area contributed by atoms with Gasteiger partial charge in [-0.25, -0.2) is 18.7 Å². The molecule has 0 aliphatic carbocycles. The molecule has 5 nitrogen and oxygen atoms in total. The van der Waals surface area contributed by atoms with Gasteiger partial charge in [0.2, 0.25) is 0 Å². The standard InChI is InChI=1S/C22H17F2N5/c23-17-6-7-19(18(24)12-17)27-21-13-20(26-14-15-8-10-25-11-9-15)28-22(29-21)16-4-2-1-3-5-16/h1-13H,14H2,(H2,26,27,28,29). The van der Waals surface area contributed by atoms with Crippen molar-refractivity contribution in [3.8, 4) is 11.4 Å². The van der Waals surface area contributed by atoms with Crippen LogP contribution in [0.3, 0.4) is 0 Å². The van der Waals surface area contributed by atoms with E-state index in [9.17, 15) is 8.78 Å². The van der Waals surface area contributed by atoms with Crippen molar-refractivity contribution in [1.82, 2.24) is 15.0 Å². The van der Waals surface area contributed by atoms with E-state index in [4.69, 9.17) is 0 Å². The predicted molar refractivity (Wildman–Crippen MR) is 109 cm³/mol. The van der Waals surface area contributed by atoms with Crippen LogP contribution < -0.4 is 10.6 Å². The molecule has 2 heterocycles. The van der Waals surface area contributed by atoms with Gasteiger partial charge in [0.1, 0.15) is 23.3 Å². The monoisotopic (exact) mass is 389 g/mol. The predicted octanol–water partition coefficient (Wildman–Crippen LogP) is 5.17. The molecule has 0 saturated carbocycles. The summed E-state index contributed by atoms with van der Waals surface area (Å²) < 4.78 is 27.3. The first-order valence-electron chi connectivity index (χ1n) is 8.97. The smallest absolute Gasteiger partial charge is 0.163 e. The molecule has 0 atom stereocenters. The third-order valence-electron chi connectivity index (χ3n) is 4.17. The second kappa shape index (κ2) is 8.43. The topological polar surface area (TPSA) is 62.7 Å². The molecule has 2 aromatic carbocycles. The number of nitrogens with zero attached hydrogens (tertiary/aromatic N) is 3. The van der Waals surface area contributed by atoms with E-state index in [1.54, 1.807) is 18.5 Å². The van der Waals surface area contributed by atoms with E-state index in [1.165, 1.54) is 12.1 Å². The van der Waals surface area contributed by atoms with E-state index in [1.807, 2.05) is 42.5 Å².